The molecule has 0 radical (unpaired) electrons. The summed E-state index contributed by atoms with van der Waals surface area (Å²) >= 11 is 1.29. The van der Waals surface area contributed by atoms with E-state index in [1.54, 1.807) is 0 Å². The zero-order chi connectivity index (χ0) is 22.7. The number of hydrogen-bond donors (Lipinski definition) is 1. The van der Waals surface area contributed by atoms with E-state index in [0.29, 0.717) is 18.1 Å². The molecular formula is C25H29F2N3OS. The summed E-state index contributed by atoms with van der Waals surface area (Å²) in [7, 11) is 0. The number of likely N-dealkylation sites (tertiary alicyclic amines) is 1. The number of alkyl halides is 2. The van der Waals surface area contributed by atoms with Gasteiger partial charge in [0.15, 0.2) is 0 Å². The SMILES string of the molecule is CCSN[C@@H]1[C@H](Cc2cccc(-c3cc(C)cc(C)n3)c2)N(C(=O)C23CC2C3)CC1(F)F. The number of amides is 1. The number of benzene rings is 1. The first kappa shape index (κ1) is 21.8. The van der Waals surface area contributed by atoms with Gasteiger partial charge < -0.3 is 4.90 Å². The van der Waals surface area contributed by atoms with Crippen LogP contribution in [0.15, 0.2) is 36.4 Å². The number of aryl methyl sites for hydroxylation is 2. The molecule has 0 spiro atoms. The molecular weight excluding hydrogens is 428 g/mol. The lowest BCUT2D eigenvalue weighted by Gasteiger charge is -2.29. The van der Waals surface area contributed by atoms with Crippen molar-refractivity contribution in [1.29, 1.82) is 0 Å². The van der Waals surface area contributed by atoms with Gasteiger partial charge in [-0.25, -0.2) is 8.78 Å². The fraction of sp³-hybridized carbons (Fsp3) is 0.520. The summed E-state index contributed by atoms with van der Waals surface area (Å²) in [6, 6.07) is 10.4. The normalized spacial score (nSPS) is 29.7. The number of fused-ring (bicyclic) bond motifs is 1. The summed E-state index contributed by atoms with van der Waals surface area (Å²) < 4.78 is 33.1. The maximum absolute atomic E-state index is 15.1. The Morgan fingerprint density at radius 2 is 2.00 bits per heavy atom. The summed E-state index contributed by atoms with van der Waals surface area (Å²) in [6.07, 6.45) is 2.13. The first-order valence-electron chi connectivity index (χ1n) is 11.3. The Balaban J connectivity index is 1.44. The van der Waals surface area contributed by atoms with Crippen molar-refractivity contribution in [2.75, 3.05) is 12.3 Å². The topological polar surface area (TPSA) is 45.2 Å². The summed E-state index contributed by atoms with van der Waals surface area (Å²) in [6.45, 7) is 5.44. The number of nitrogens with one attached hydrogen (secondary N) is 1. The van der Waals surface area contributed by atoms with E-state index in [1.165, 1.54) is 16.8 Å². The maximum atomic E-state index is 15.1. The van der Waals surface area contributed by atoms with Crippen LogP contribution in [0.1, 0.15) is 36.6 Å². The van der Waals surface area contributed by atoms with E-state index in [0.717, 1.165) is 40.9 Å². The van der Waals surface area contributed by atoms with Gasteiger partial charge in [0, 0.05) is 17.0 Å². The molecule has 5 rings (SSSR count). The van der Waals surface area contributed by atoms with Gasteiger partial charge >= 0.3 is 0 Å². The van der Waals surface area contributed by atoms with Gasteiger partial charge in [0.05, 0.1) is 23.7 Å². The lowest BCUT2D eigenvalue weighted by Crippen LogP contribution is -2.48. The fourth-order valence-corrected chi connectivity index (χ4v) is 5.79. The summed E-state index contributed by atoms with van der Waals surface area (Å²) in [5.41, 5.74) is 4.55. The Labute approximate surface area is 192 Å². The minimum atomic E-state index is -2.95. The number of pyridine rings is 1. The zero-order valence-corrected chi connectivity index (χ0v) is 19.5. The molecule has 2 aliphatic carbocycles. The largest absolute Gasteiger partial charge is 0.331 e. The predicted octanol–water partition coefficient (Wildman–Crippen LogP) is 4.79. The number of halogens is 2. The third kappa shape index (κ3) is 3.83. The van der Waals surface area contributed by atoms with E-state index in [9.17, 15) is 4.79 Å². The molecule has 1 aromatic carbocycles. The van der Waals surface area contributed by atoms with E-state index in [1.807, 2.05) is 57.2 Å². The monoisotopic (exact) mass is 457 g/mol. The van der Waals surface area contributed by atoms with Crippen molar-refractivity contribution >= 4 is 17.9 Å². The molecule has 0 bridgehead atoms. The highest BCUT2D eigenvalue weighted by atomic mass is 32.2. The first-order valence-corrected chi connectivity index (χ1v) is 12.3. The van der Waals surface area contributed by atoms with Gasteiger partial charge in [-0.15, -0.1) is 0 Å². The van der Waals surface area contributed by atoms with E-state index in [2.05, 4.69) is 9.71 Å². The molecule has 2 aromatic rings. The third-order valence-corrected chi connectivity index (χ3v) is 7.82. The third-order valence-electron chi connectivity index (χ3n) is 7.11. The van der Waals surface area contributed by atoms with Gasteiger partial charge in [0.2, 0.25) is 5.91 Å². The average Bonchev–Trinajstić information content (AvgIpc) is 3.59. The standard InChI is InChI=1S/C25H29F2N3OS/c1-4-32-29-22-21(30(14-25(22,26)27)23(31)24-12-19(24)13-24)11-17-6-5-7-18(10-17)20-9-15(2)8-16(3)28-20/h5-10,19,21-22,29H,4,11-14H2,1-3H3/t19?,21-,22+,24?/m0/s1. The summed E-state index contributed by atoms with van der Waals surface area (Å²) in [5.74, 6) is -1.90. The highest BCUT2D eigenvalue weighted by Gasteiger charge is 2.76. The van der Waals surface area contributed by atoms with Crippen LogP contribution in [0, 0.1) is 25.2 Å². The molecule has 1 N–H and O–H groups in total. The Morgan fingerprint density at radius 3 is 2.66 bits per heavy atom. The maximum Gasteiger partial charge on any atom is 0.283 e. The Bertz CT molecular complexity index is 1030. The van der Waals surface area contributed by atoms with Crippen LogP contribution >= 0.6 is 11.9 Å². The van der Waals surface area contributed by atoms with Crippen molar-refractivity contribution in [1.82, 2.24) is 14.6 Å². The molecule has 4 nitrogen and oxygen atoms in total. The Hall–Kier alpha value is -1.99. The molecule has 3 aliphatic rings. The molecule has 3 fully saturated rings. The number of rotatable bonds is 7. The highest BCUT2D eigenvalue weighted by molar-refractivity contribution is 7.97. The quantitative estimate of drug-likeness (QED) is 0.608. The van der Waals surface area contributed by atoms with Crippen molar-refractivity contribution in [3.8, 4) is 11.3 Å². The second-order valence-electron chi connectivity index (χ2n) is 9.63. The van der Waals surface area contributed by atoms with Crippen LogP contribution < -0.4 is 4.72 Å². The molecule has 2 atom stereocenters. The lowest BCUT2D eigenvalue weighted by molar-refractivity contribution is -0.136. The number of carbonyl (C=O) groups is 1. The number of nitrogens with zero attached hydrogens (tertiary/aromatic N) is 2. The van der Waals surface area contributed by atoms with E-state index >= 15 is 8.78 Å². The Morgan fingerprint density at radius 1 is 1.25 bits per heavy atom. The van der Waals surface area contributed by atoms with Crippen LogP contribution in [0.2, 0.25) is 0 Å². The Kier molecular flexibility index (Phi) is 5.32. The van der Waals surface area contributed by atoms with Gasteiger partial charge in [0.1, 0.15) is 6.04 Å². The van der Waals surface area contributed by atoms with Crippen molar-refractivity contribution in [3.63, 3.8) is 0 Å². The molecule has 2 saturated carbocycles. The van der Waals surface area contributed by atoms with Crippen LogP contribution in [-0.4, -0.2) is 46.1 Å². The molecule has 170 valence electrons. The second kappa shape index (κ2) is 7.80. The highest BCUT2D eigenvalue weighted by Crippen LogP contribution is 2.76. The smallest absolute Gasteiger partial charge is 0.283 e. The summed E-state index contributed by atoms with van der Waals surface area (Å²) in [4.78, 5) is 19.3. The lowest BCUT2D eigenvalue weighted by atomic mass is 9.96. The van der Waals surface area contributed by atoms with E-state index < -0.39 is 24.6 Å². The first-order chi connectivity index (χ1) is 15.2. The van der Waals surface area contributed by atoms with E-state index in [-0.39, 0.29) is 11.3 Å². The number of carbonyl (C=O) groups excluding carboxylic acids is 1. The second-order valence-corrected chi connectivity index (χ2v) is 10.7. The average molecular weight is 458 g/mol. The van der Waals surface area contributed by atoms with Crippen molar-refractivity contribution in [2.24, 2.45) is 11.3 Å². The minimum Gasteiger partial charge on any atom is -0.331 e. The van der Waals surface area contributed by atoms with Crippen LogP contribution in [0.25, 0.3) is 11.3 Å². The number of hydrogen-bond acceptors (Lipinski definition) is 4. The molecule has 7 heteroatoms. The van der Waals surface area contributed by atoms with Crippen LogP contribution in [0.3, 0.4) is 0 Å². The molecule has 32 heavy (non-hydrogen) atoms. The molecule has 1 aliphatic heterocycles. The number of aromatic nitrogens is 1. The minimum absolute atomic E-state index is 0.0647. The zero-order valence-electron chi connectivity index (χ0n) is 18.7. The van der Waals surface area contributed by atoms with Gasteiger partial charge in [-0.2, -0.15) is 0 Å². The molecule has 1 amide bonds. The van der Waals surface area contributed by atoms with Crippen molar-refractivity contribution in [3.05, 3.63) is 53.2 Å². The summed E-state index contributed by atoms with van der Waals surface area (Å²) in [5, 5.41) is 0. The van der Waals surface area contributed by atoms with E-state index in [4.69, 9.17) is 0 Å². The van der Waals surface area contributed by atoms with Gasteiger partial charge in [-0.1, -0.05) is 37.1 Å². The molecule has 1 aromatic heterocycles. The van der Waals surface area contributed by atoms with Gasteiger partial charge in [-0.05, 0) is 68.4 Å². The van der Waals surface area contributed by atoms with Gasteiger partial charge in [0.25, 0.3) is 5.92 Å². The van der Waals surface area contributed by atoms with Crippen LogP contribution in [-0.2, 0) is 11.2 Å². The molecule has 1 saturated heterocycles. The van der Waals surface area contributed by atoms with Crippen LogP contribution in [0.5, 0.6) is 0 Å². The molecule has 2 heterocycles. The van der Waals surface area contributed by atoms with Gasteiger partial charge in [-0.3, -0.25) is 14.5 Å². The molecule has 0 unspecified atom stereocenters. The van der Waals surface area contributed by atoms with Crippen molar-refractivity contribution < 1.29 is 13.6 Å². The predicted molar refractivity (Wildman–Crippen MR) is 124 cm³/mol. The van der Waals surface area contributed by atoms with Crippen molar-refractivity contribution in [2.45, 2.75) is 58.0 Å². The fourth-order valence-electron chi connectivity index (χ4n) is 5.12. The van der Waals surface area contributed by atoms with Crippen LogP contribution in [0.4, 0.5) is 8.78 Å².